The molecule has 0 atom stereocenters. The number of ketones is 1. The van der Waals surface area contributed by atoms with E-state index in [1.54, 1.807) is 7.11 Å². The molecule has 0 spiro atoms. The molecule has 0 bridgehead atoms. The van der Waals surface area contributed by atoms with Crippen LogP contribution in [0.25, 0.3) is 0 Å². The van der Waals surface area contributed by atoms with Crippen molar-refractivity contribution in [1.29, 1.82) is 0 Å². The molecule has 1 aromatic carbocycles. The van der Waals surface area contributed by atoms with Crippen molar-refractivity contribution in [3.8, 4) is 5.75 Å². The van der Waals surface area contributed by atoms with Crippen LogP contribution in [0.1, 0.15) is 36.0 Å². The molecule has 0 N–H and O–H groups in total. The number of carbonyl (C=O) groups excluding carboxylic acids is 1. The van der Waals surface area contributed by atoms with Gasteiger partial charge in [0.15, 0.2) is 5.78 Å². The Bertz CT molecular complexity index is 377. The van der Waals surface area contributed by atoms with Crippen LogP contribution in [0.2, 0.25) is 0 Å². The van der Waals surface area contributed by atoms with Gasteiger partial charge in [0, 0.05) is 5.56 Å². The molecule has 0 aromatic heterocycles. The Morgan fingerprint density at radius 1 is 1.25 bits per heavy atom. The van der Waals surface area contributed by atoms with E-state index in [1.807, 2.05) is 24.3 Å². The van der Waals surface area contributed by atoms with Crippen molar-refractivity contribution in [2.75, 3.05) is 7.11 Å². The molecule has 3 heteroatoms. The zero-order valence-electron chi connectivity index (χ0n) is 9.33. The largest absolute Gasteiger partial charge is 0.497 e. The number of alkyl halides is 1. The first kappa shape index (κ1) is 11.6. The fourth-order valence-corrected chi connectivity index (χ4v) is 2.95. The van der Waals surface area contributed by atoms with Crippen molar-refractivity contribution < 1.29 is 9.53 Å². The van der Waals surface area contributed by atoms with E-state index >= 15 is 0 Å². The first-order valence-corrected chi connectivity index (χ1v) is 6.33. The van der Waals surface area contributed by atoms with E-state index in [2.05, 4.69) is 15.9 Å². The second kappa shape index (κ2) is 4.58. The van der Waals surface area contributed by atoms with Gasteiger partial charge in [0.25, 0.3) is 0 Å². The molecule has 1 saturated carbocycles. The van der Waals surface area contributed by atoms with E-state index in [4.69, 9.17) is 4.74 Å². The number of carbonyl (C=O) groups is 1. The Morgan fingerprint density at radius 3 is 2.31 bits per heavy atom. The van der Waals surface area contributed by atoms with Gasteiger partial charge in [-0.15, -0.1) is 0 Å². The van der Waals surface area contributed by atoms with Crippen molar-refractivity contribution in [3.63, 3.8) is 0 Å². The topological polar surface area (TPSA) is 26.3 Å². The van der Waals surface area contributed by atoms with E-state index in [-0.39, 0.29) is 10.1 Å². The minimum Gasteiger partial charge on any atom is -0.497 e. The van der Waals surface area contributed by atoms with Crippen LogP contribution in [-0.4, -0.2) is 17.2 Å². The van der Waals surface area contributed by atoms with Crippen molar-refractivity contribution in [3.05, 3.63) is 29.8 Å². The third-order valence-electron chi connectivity index (χ3n) is 3.16. The molecule has 16 heavy (non-hydrogen) atoms. The smallest absolute Gasteiger partial charge is 0.179 e. The lowest BCUT2D eigenvalue weighted by Crippen LogP contribution is -2.28. The minimum atomic E-state index is -0.318. The number of halogens is 1. The highest BCUT2D eigenvalue weighted by Gasteiger charge is 2.38. The summed E-state index contributed by atoms with van der Waals surface area (Å²) >= 11 is 3.60. The summed E-state index contributed by atoms with van der Waals surface area (Å²) in [4.78, 5) is 12.3. The van der Waals surface area contributed by atoms with Crippen LogP contribution in [0.5, 0.6) is 5.75 Å². The van der Waals surface area contributed by atoms with Gasteiger partial charge in [-0.05, 0) is 37.1 Å². The van der Waals surface area contributed by atoms with Crippen LogP contribution < -0.4 is 4.74 Å². The van der Waals surface area contributed by atoms with Crippen LogP contribution >= 0.6 is 15.9 Å². The number of benzene rings is 1. The molecule has 86 valence electrons. The van der Waals surface area contributed by atoms with Crippen LogP contribution in [0, 0.1) is 0 Å². The summed E-state index contributed by atoms with van der Waals surface area (Å²) < 4.78 is 4.76. The Hall–Kier alpha value is -0.830. The molecule has 1 aliphatic carbocycles. The van der Waals surface area contributed by atoms with E-state index < -0.39 is 0 Å². The second-order valence-electron chi connectivity index (χ2n) is 4.23. The van der Waals surface area contributed by atoms with E-state index in [0.29, 0.717) is 0 Å². The van der Waals surface area contributed by atoms with Crippen molar-refractivity contribution in [2.24, 2.45) is 0 Å². The van der Waals surface area contributed by atoms with Gasteiger partial charge in [-0.3, -0.25) is 4.79 Å². The lowest BCUT2D eigenvalue weighted by Gasteiger charge is -2.19. The minimum absolute atomic E-state index is 0.202. The van der Waals surface area contributed by atoms with Crippen molar-refractivity contribution >= 4 is 21.7 Å². The first-order valence-electron chi connectivity index (χ1n) is 5.53. The van der Waals surface area contributed by atoms with Gasteiger partial charge >= 0.3 is 0 Å². The Kier molecular flexibility index (Phi) is 3.33. The molecule has 2 rings (SSSR count). The van der Waals surface area contributed by atoms with Gasteiger partial charge in [0.1, 0.15) is 5.75 Å². The van der Waals surface area contributed by atoms with Gasteiger partial charge < -0.3 is 4.74 Å². The molecular formula is C13H15BrO2. The van der Waals surface area contributed by atoms with Gasteiger partial charge in [-0.2, -0.15) is 0 Å². The Balaban J connectivity index is 2.20. The zero-order chi connectivity index (χ0) is 11.6. The quantitative estimate of drug-likeness (QED) is 0.626. The van der Waals surface area contributed by atoms with E-state index in [9.17, 15) is 4.79 Å². The Labute approximate surface area is 104 Å². The molecule has 0 heterocycles. The summed E-state index contributed by atoms with van der Waals surface area (Å²) in [6, 6.07) is 7.34. The third kappa shape index (κ3) is 2.14. The summed E-state index contributed by atoms with van der Waals surface area (Å²) in [5, 5.41) is 0. The maximum absolute atomic E-state index is 12.3. The highest BCUT2D eigenvalue weighted by molar-refractivity contribution is 9.10. The molecule has 0 amide bonds. The first-order chi connectivity index (χ1) is 7.65. The van der Waals surface area contributed by atoms with Crippen molar-refractivity contribution in [2.45, 2.75) is 30.0 Å². The standard InChI is InChI=1S/C13H15BrO2/c1-16-11-6-4-10(5-7-11)12(15)13(14)8-2-3-9-13/h4-7H,2-3,8-9H2,1H3. The predicted octanol–water partition coefficient (Wildman–Crippen LogP) is 3.59. The predicted molar refractivity (Wildman–Crippen MR) is 67.5 cm³/mol. The summed E-state index contributed by atoms with van der Waals surface area (Å²) in [7, 11) is 1.62. The number of ether oxygens (including phenoxy) is 1. The molecule has 0 saturated heterocycles. The van der Waals surface area contributed by atoms with Crippen LogP contribution in [0.15, 0.2) is 24.3 Å². The molecule has 2 nitrogen and oxygen atoms in total. The maximum Gasteiger partial charge on any atom is 0.179 e. The van der Waals surface area contributed by atoms with Crippen molar-refractivity contribution in [1.82, 2.24) is 0 Å². The fraction of sp³-hybridized carbons (Fsp3) is 0.462. The number of hydrogen-bond acceptors (Lipinski definition) is 2. The SMILES string of the molecule is COc1ccc(C(=O)C2(Br)CCCC2)cc1. The Morgan fingerprint density at radius 2 is 1.81 bits per heavy atom. The summed E-state index contributed by atoms with van der Waals surface area (Å²) in [5.74, 6) is 0.985. The van der Waals surface area contributed by atoms with Crippen LogP contribution in [0.4, 0.5) is 0 Å². The van der Waals surface area contributed by atoms with Gasteiger partial charge in [0.05, 0.1) is 11.4 Å². The zero-order valence-corrected chi connectivity index (χ0v) is 10.9. The molecule has 1 aliphatic rings. The maximum atomic E-state index is 12.3. The number of Topliss-reactive ketones (excluding diaryl/α,β-unsaturated/α-hetero) is 1. The summed E-state index contributed by atoms with van der Waals surface area (Å²) in [6.45, 7) is 0. The van der Waals surface area contributed by atoms with Gasteiger partial charge in [-0.25, -0.2) is 0 Å². The average Bonchev–Trinajstić information content (AvgIpc) is 2.77. The normalized spacial score (nSPS) is 18.4. The van der Waals surface area contributed by atoms with Gasteiger partial charge in [0.2, 0.25) is 0 Å². The number of rotatable bonds is 3. The molecule has 1 fully saturated rings. The lowest BCUT2D eigenvalue weighted by atomic mass is 9.96. The van der Waals surface area contributed by atoms with E-state index in [1.165, 1.54) is 0 Å². The molecule has 0 aliphatic heterocycles. The number of hydrogen-bond donors (Lipinski definition) is 0. The summed E-state index contributed by atoms with van der Waals surface area (Å²) in [6.07, 6.45) is 4.15. The molecule has 1 aromatic rings. The van der Waals surface area contributed by atoms with Gasteiger partial charge in [-0.1, -0.05) is 28.8 Å². The third-order valence-corrected chi connectivity index (χ3v) is 4.31. The highest BCUT2D eigenvalue weighted by atomic mass is 79.9. The average molecular weight is 283 g/mol. The highest BCUT2D eigenvalue weighted by Crippen LogP contribution is 2.40. The van der Waals surface area contributed by atoms with Crippen LogP contribution in [0.3, 0.4) is 0 Å². The molecular weight excluding hydrogens is 268 g/mol. The molecule has 0 unspecified atom stereocenters. The van der Waals surface area contributed by atoms with Crippen LogP contribution in [-0.2, 0) is 0 Å². The second-order valence-corrected chi connectivity index (χ2v) is 5.75. The lowest BCUT2D eigenvalue weighted by molar-refractivity contribution is 0.0948. The molecule has 0 radical (unpaired) electrons. The number of methoxy groups -OCH3 is 1. The summed E-state index contributed by atoms with van der Waals surface area (Å²) in [5.41, 5.74) is 0.763. The monoisotopic (exact) mass is 282 g/mol. The van der Waals surface area contributed by atoms with E-state index in [0.717, 1.165) is 37.0 Å². The fourth-order valence-electron chi connectivity index (χ4n) is 2.16.